The third-order valence-electron chi connectivity index (χ3n) is 26.7. The van der Waals surface area contributed by atoms with Crippen molar-refractivity contribution in [2.45, 2.75) is 506 Å². The molecule has 5 heterocycles. The molecule has 20 nitrogen and oxygen atoms in total. The van der Waals surface area contributed by atoms with Crippen LogP contribution in [0.2, 0.25) is 0 Å². The number of rotatable bonds is 78. The van der Waals surface area contributed by atoms with E-state index >= 15 is 0 Å². The monoisotopic (exact) mass is 1800 g/mol. The lowest BCUT2D eigenvalue weighted by atomic mass is 10.0. The topological polar surface area (TPSA) is 247 Å². The molecule has 5 saturated heterocycles. The SMILES string of the molecule is CCCCCCCCCCCCCCCCN1CC(C(=O)NCCCCC)CC1=O.CCCCCCCCCCCCN1CC(C(=O)NCCCCC)CC1=O.CCCCCCCCCCCN1CC(C(=O)NCCCCC)CC1=O.CCCCCCCCCCN1CC(C(=O)NCCCCC)CC1=O.CCCCCCCCCN1CC(C(=O)NCCCCC)CC1=O. The highest BCUT2D eigenvalue weighted by Crippen LogP contribution is 2.26. The Kier molecular flexibility index (Phi) is 82.1. The average Bonchev–Trinajstić information content (AvgIpc) is 1.75. The van der Waals surface area contributed by atoms with Crippen molar-refractivity contribution in [3.05, 3.63) is 0 Å². The largest absolute Gasteiger partial charge is 0.356 e. The summed E-state index contributed by atoms with van der Waals surface area (Å²) in [6.45, 7) is 33.0. The normalized spacial score (nSPS) is 17.2. The smallest absolute Gasteiger partial charge is 0.225 e. The van der Waals surface area contributed by atoms with E-state index in [4.69, 9.17) is 0 Å². The summed E-state index contributed by atoms with van der Waals surface area (Å²) in [5, 5.41) is 14.9. The number of hydrogen-bond donors (Lipinski definition) is 5. The molecule has 5 aliphatic heterocycles. The molecule has 0 aromatic heterocycles. The van der Waals surface area contributed by atoms with Crippen LogP contribution in [-0.2, 0) is 47.9 Å². The zero-order chi connectivity index (χ0) is 93.8. The number of carbonyl (C=O) groups is 10. The van der Waals surface area contributed by atoms with E-state index < -0.39 is 0 Å². The van der Waals surface area contributed by atoms with Crippen LogP contribution < -0.4 is 26.6 Å². The van der Waals surface area contributed by atoms with Crippen LogP contribution in [0.5, 0.6) is 0 Å². The second-order valence-electron chi connectivity index (χ2n) is 38.9. The van der Waals surface area contributed by atoms with E-state index in [-0.39, 0.29) is 88.7 Å². The summed E-state index contributed by atoms with van der Waals surface area (Å²) < 4.78 is 0. The van der Waals surface area contributed by atoms with Gasteiger partial charge >= 0.3 is 0 Å². The first-order chi connectivity index (χ1) is 62.4. The molecule has 5 rings (SSSR count). The van der Waals surface area contributed by atoms with Crippen LogP contribution in [0.25, 0.3) is 0 Å². The number of nitrogens with zero attached hydrogens (tertiary/aromatic N) is 5. The molecule has 5 N–H and O–H groups in total. The third-order valence-corrected chi connectivity index (χ3v) is 26.7. The van der Waals surface area contributed by atoms with Crippen molar-refractivity contribution in [3.8, 4) is 0 Å². The van der Waals surface area contributed by atoms with Gasteiger partial charge in [0.25, 0.3) is 0 Å². The first-order valence-corrected chi connectivity index (χ1v) is 55.2. The lowest BCUT2D eigenvalue weighted by molar-refractivity contribution is -0.129. The van der Waals surface area contributed by atoms with Crippen molar-refractivity contribution in [1.82, 2.24) is 51.1 Å². The highest BCUT2D eigenvalue weighted by Gasteiger charge is 2.38. The molecule has 0 saturated carbocycles. The molecule has 10 amide bonds. The Hall–Kier alpha value is -5.30. The van der Waals surface area contributed by atoms with Crippen LogP contribution in [-0.4, -0.2) is 182 Å². The molecule has 0 spiro atoms. The van der Waals surface area contributed by atoms with Crippen molar-refractivity contribution in [2.24, 2.45) is 29.6 Å². The van der Waals surface area contributed by atoms with Gasteiger partial charge in [0.1, 0.15) is 0 Å². The zero-order valence-electron chi connectivity index (χ0n) is 85.4. The van der Waals surface area contributed by atoms with E-state index in [1.165, 1.54) is 276 Å². The molecule has 748 valence electrons. The summed E-state index contributed by atoms with van der Waals surface area (Å²) in [7, 11) is 0. The van der Waals surface area contributed by atoms with Crippen LogP contribution in [0.1, 0.15) is 506 Å². The number of amides is 10. The maximum absolute atomic E-state index is 12.2. The third kappa shape index (κ3) is 65.3. The highest BCUT2D eigenvalue weighted by molar-refractivity contribution is 5.92. The molecule has 0 aromatic carbocycles. The Balaban J connectivity index is 0.000000802. The van der Waals surface area contributed by atoms with Crippen LogP contribution in [0.15, 0.2) is 0 Å². The Morgan fingerprint density at radius 1 is 0.180 bits per heavy atom. The van der Waals surface area contributed by atoms with Gasteiger partial charge in [-0.3, -0.25) is 47.9 Å². The van der Waals surface area contributed by atoms with E-state index in [1.54, 1.807) is 0 Å². The molecular weight excluding hydrogens is 1600 g/mol. The quantitative estimate of drug-likeness (QED) is 0.0360. The van der Waals surface area contributed by atoms with Gasteiger partial charge in [-0.2, -0.15) is 0 Å². The number of carbonyl (C=O) groups excluding carboxylic acids is 10. The maximum Gasteiger partial charge on any atom is 0.225 e. The number of likely N-dealkylation sites (tertiary alicyclic amines) is 5. The fourth-order valence-corrected chi connectivity index (χ4v) is 18.1. The fourth-order valence-electron chi connectivity index (χ4n) is 18.1. The van der Waals surface area contributed by atoms with Crippen molar-refractivity contribution in [1.29, 1.82) is 0 Å². The molecule has 5 aliphatic rings. The number of hydrogen-bond acceptors (Lipinski definition) is 10. The number of nitrogens with one attached hydrogen (secondary N) is 5. The molecular formula is C108H206N10O10. The van der Waals surface area contributed by atoms with E-state index in [2.05, 4.69) is 95.8 Å². The highest BCUT2D eigenvalue weighted by atomic mass is 16.2. The van der Waals surface area contributed by atoms with Gasteiger partial charge in [-0.15, -0.1) is 0 Å². The second kappa shape index (κ2) is 87.1. The maximum atomic E-state index is 12.2. The van der Waals surface area contributed by atoms with E-state index in [9.17, 15) is 47.9 Å². The Morgan fingerprint density at radius 2 is 0.289 bits per heavy atom. The van der Waals surface area contributed by atoms with Crippen molar-refractivity contribution in [2.75, 3.05) is 98.2 Å². The van der Waals surface area contributed by atoms with E-state index in [0.717, 1.165) is 194 Å². The van der Waals surface area contributed by atoms with E-state index in [0.29, 0.717) is 64.8 Å². The Morgan fingerprint density at radius 3 is 0.414 bits per heavy atom. The van der Waals surface area contributed by atoms with Gasteiger partial charge in [0.2, 0.25) is 59.1 Å². The van der Waals surface area contributed by atoms with Crippen LogP contribution >= 0.6 is 0 Å². The Bertz CT molecular complexity index is 2720. The van der Waals surface area contributed by atoms with Gasteiger partial charge in [-0.25, -0.2) is 0 Å². The van der Waals surface area contributed by atoms with Crippen LogP contribution in [0, 0.1) is 29.6 Å². The summed E-state index contributed by atoms with van der Waals surface area (Å²) in [4.78, 5) is 131. The van der Waals surface area contributed by atoms with Gasteiger partial charge in [-0.1, -0.05) is 410 Å². The molecule has 20 heteroatoms. The van der Waals surface area contributed by atoms with Crippen LogP contribution in [0.3, 0.4) is 0 Å². The predicted octanol–water partition coefficient (Wildman–Crippen LogP) is 24.5. The zero-order valence-corrected chi connectivity index (χ0v) is 85.4. The van der Waals surface area contributed by atoms with Crippen LogP contribution in [0.4, 0.5) is 0 Å². The molecule has 5 fully saturated rings. The van der Waals surface area contributed by atoms with Crippen molar-refractivity contribution in [3.63, 3.8) is 0 Å². The minimum Gasteiger partial charge on any atom is -0.356 e. The average molecular weight is 1800 g/mol. The van der Waals surface area contributed by atoms with Gasteiger partial charge in [-0.05, 0) is 64.2 Å². The number of unbranched alkanes of at least 4 members (excludes halogenated alkanes) is 53. The van der Waals surface area contributed by atoms with E-state index in [1.807, 2.05) is 24.5 Å². The van der Waals surface area contributed by atoms with Gasteiger partial charge < -0.3 is 51.1 Å². The minimum atomic E-state index is -0.134. The fraction of sp³-hybridized carbons (Fsp3) is 0.907. The first kappa shape index (κ1) is 121. The Labute approximate surface area is 787 Å². The summed E-state index contributed by atoms with van der Waals surface area (Å²) >= 11 is 0. The molecule has 5 unspecified atom stereocenters. The molecule has 0 bridgehead atoms. The summed E-state index contributed by atoms with van der Waals surface area (Å²) in [5.41, 5.74) is 0. The van der Waals surface area contributed by atoms with Gasteiger partial charge in [0.05, 0.1) is 29.6 Å². The van der Waals surface area contributed by atoms with Gasteiger partial charge in [0, 0.05) is 130 Å². The van der Waals surface area contributed by atoms with Gasteiger partial charge in [0.15, 0.2) is 0 Å². The first-order valence-electron chi connectivity index (χ1n) is 55.2. The summed E-state index contributed by atoms with van der Waals surface area (Å²) in [5.74, 6) is 0.488. The predicted molar refractivity (Wildman–Crippen MR) is 536 cm³/mol. The molecule has 0 aliphatic carbocycles. The summed E-state index contributed by atoms with van der Waals surface area (Å²) in [6, 6.07) is 0. The molecule has 5 atom stereocenters. The second-order valence-corrected chi connectivity index (χ2v) is 38.9. The lowest BCUT2D eigenvalue weighted by Gasteiger charge is -2.16. The standard InChI is InChI=1S/C26H50N2O2.C22H42N2O2.C21H40N2O2.C20H38N2O2.C19H36N2O2/c1-3-5-7-8-9-10-11-12-13-14-15-16-17-19-21-28-23-24(22-25(28)29)26(30)27-20-18-6-4-2;1-3-5-7-8-9-10-11-12-13-15-17-24-19-20(18-21(24)25)22(26)23-16-14-6-4-2;1-3-5-7-8-9-10-11-12-14-16-23-18-19(17-20(23)24)21(25)22-15-13-6-4-2;1-3-5-7-8-9-10-11-13-15-22-17-18(16-19(22)23)20(24)21-14-12-6-4-2;1-3-5-7-8-9-10-12-14-21-16-17(15-18(21)22)19(23)20-13-11-6-4-2/h24H,3-23H2,1-2H3,(H,27,30);20H,3-19H2,1-2H3,(H,23,26);19H,3-18H2,1-2H3,(H,22,25);18H,3-17H2,1-2H3,(H,21,24);17H,3-16H2,1-2H3,(H,20,23). The summed E-state index contributed by atoms with van der Waals surface area (Å²) in [6.07, 6.45) is 81.3. The lowest BCUT2D eigenvalue weighted by Crippen LogP contribution is -2.33. The van der Waals surface area contributed by atoms with Crippen molar-refractivity contribution >= 4 is 59.1 Å². The molecule has 128 heavy (non-hydrogen) atoms. The van der Waals surface area contributed by atoms with Crippen molar-refractivity contribution < 1.29 is 47.9 Å². The molecule has 0 aromatic rings. The minimum absolute atomic E-state index is 0.0662. The molecule has 0 radical (unpaired) electrons.